The third-order valence-electron chi connectivity index (χ3n) is 2.28. The van der Waals surface area contributed by atoms with Gasteiger partial charge in [0.2, 0.25) is 0 Å². The van der Waals surface area contributed by atoms with Crippen molar-refractivity contribution in [2.24, 2.45) is 12.8 Å². The molecule has 2 aromatic rings. The molecule has 0 amide bonds. The van der Waals surface area contributed by atoms with Crippen LogP contribution < -0.4 is 5.73 Å². The van der Waals surface area contributed by atoms with Crippen LogP contribution in [0, 0.1) is 0 Å². The predicted octanol–water partition coefficient (Wildman–Crippen LogP) is 2.36. The Morgan fingerprint density at radius 1 is 1.57 bits per heavy atom. The van der Waals surface area contributed by atoms with Crippen molar-refractivity contribution in [2.75, 3.05) is 0 Å². The lowest BCUT2D eigenvalue weighted by molar-refractivity contribution is 0.781. The summed E-state index contributed by atoms with van der Waals surface area (Å²) in [4.78, 5) is 4.50. The zero-order valence-corrected chi connectivity index (χ0v) is 9.75. The Kier molecular flexibility index (Phi) is 2.33. The molecule has 0 aliphatic carbocycles. The minimum Gasteiger partial charge on any atom is -0.349 e. The van der Waals surface area contributed by atoms with Crippen LogP contribution in [0.5, 0.6) is 0 Å². The van der Waals surface area contributed by atoms with E-state index in [0.29, 0.717) is 0 Å². The fraction of sp³-hybridized carbons (Fsp3) is 0.300. The number of fused-ring (bicyclic) bond motifs is 1. The van der Waals surface area contributed by atoms with E-state index in [1.807, 2.05) is 30.8 Å². The molecule has 2 N–H and O–H groups in total. The number of halogens is 1. The van der Waals surface area contributed by atoms with Gasteiger partial charge in [-0.15, -0.1) is 0 Å². The molecule has 2 rings (SSSR count). The van der Waals surface area contributed by atoms with Gasteiger partial charge in [-0.1, -0.05) is 0 Å². The maximum atomic E-state index is 5.81. The average molecular weight is 254 g/mol. The van der Waals surface area contributed by atoms with Gasteiger partial charge in [-0.2, -0.15) is 0 Å². The Morgan fingerprint density at radius 2 is 2.29 bits per heavy atom. The van der Waals surface area contributed by atoms with Gasteiger partial charge < -0.3 is 10.3 Å². The van der Waals surface area contributed by atoms with Crippen LogP contribution in [0.3, 0.4) is 0 Å². The minimum absolute atomic E-state index is 0.0472. The Bertz CT molecular complexity index is 473. The topological polar surface area (TPSA) is 43.8 Å². The standard InChI is InChI=1S/C10H12BrN3/c1-6(12)10-7(11)5-9-8(13-10)3-4-14(9)2/h3-6H,12H2,1-2H3/t6-/m1/s1. The van der Waals surface area contributed by atoms with E-state index in [0.717, 1.165) is 21.2 Å². The number of aryl methyl sites for hydroxylation is 1. The molecule has 74 valence electrons. The number of nitrogens with zero attached hydrogens (tertiary/aromatic N) is 2. The lowest BCUT2D eigenvalue weighted by Crippen LogP contribution is -2.08. The monoisotopic (exact) mass is 253 g/mol. The first kappa shape index (κ1) is 9.68. The summed E-state index contributed by atoms with van der Waals surface area (Å²) in [6.45, 7) is 1.93. The van der Waals surface area contributed by atoms with Gasteiger partial charge in [0.05, 0.1) is 16.7 Å². The third-order valence-corrected chi connectivity index (χ3v) is 2.91. The quantitative estimate of drug-likeness (QED) is 0.848. The number of rotatable bonds is 1. The SMILES string of the molecule is C[C@@H](N)c1nc2ccn(C)c2cc1Br. The Labute approximate surface area is 91.1 Å². The van der Waals surface area contributed by atoms with E-state index in [1.54, 1.807) is 0 Å². The van der Waals surface area contributed by atoms with Crippen LogP contribution in [0.2, 0.25) is 0 Å². The van der Waals surface area contributed by atoms with Gasteiger partial charge in [0, 0.05) is 23.8 Å². The summed E-state index contributed by atoms with van der Waals surface area (Å²) >= 11 is 3.48. The molecule has 0 fully saturated rings. The van der Waals surface area contributed by atoms with Gasteiger partial charge in [0.1, 0.15) is 0 Å². The molecule has 0 aliphatic heterocycles. The summed E-state index contributed by atoms with van der Waals surface area (Å²) in [5.41, 5.74) is 8.82. The number of nitrogens with two attached hydrogens (primary N) is 1. The molecule has 0 unspecified atom stereocenters. The molecule has 4 heteroatoms. The van der Waals surface area contributed by atoms with Crippen molar-refractivity contribution in [3.8, 4) is 0 Å². The highest BCUT2D eigenvalue weighted by Crippen LogP contribution is 2.24. The number of aromatic nitrogens is 2. The second-order valence-electron chi connectivity index (χ2n) is 3.48. The van der Waals surface area contributed by atoms with Crippen LogP contribution >= 0.6 is 15.9 Å². The van der Waals surface area contributed by atoms with Crippen molar-refractivity contribution in [1.82, 2.24) is 9.55 Å². The van der Waals surface area contributed by atoms with E-state index < -0.39 is 0 Å². The Hall–Kier alpha value is -0.870. The van der Waals surface area contributed by atoms with Gasteiger partial charge in [0.15, 0.2) is 0 Å². The van der Waals surface area contributed by atoms with Crippen molar-refractivity contribution < 1.29 is 0 Å². The second-order valence-corrected chi connectivity index (χ2v) is 4.33. The normalized spacial score (nSPS) is 13.4. The first-order valence-corrected chi connectivity index (χ1v) is 5.26. The summed E-state index contributed by atoms with van der Waals surface area (Å²) in [7, 11) is 2.00. The highest BCUT2D eigenvalue weighted by Gasteiger charge is 2.09. The lowest BCUT2D eigenvalue weighted by atomic mass is 10.2. The zero-order chi connectivity index (χ0) is 10.3. The van der Waals surface area contributed by atoms with Crippen molar-refractivity contribution in [2.45, 2.75) is 13.0 Å². The van der Waals surface area contributed by atoms with Crippen molar-refractivity contribution in [1.29, 1.82) is 0 Å². The predicted molar refractivity (Wildman–Crippen MR) is 61.0 cm³/mol. The van der Waals surface area contributed by atoms with Gasteiger partial charge in [0.25, 0.3) is 0 Å². The third kappa shape index (κ3) is 1.44. The van der Waals surface area contributed by atoms with Crippen LogP contribution in [-0.4, -0.2) is 9.55 Å². The lowest BCUT2D eigenvalue weighted by Gasteiger charge is -2.07. The molecule has 2 heterocycles. The van der Waals surface area contributed by atoms with Crippen molar-refractivity contribution >= 4 is 27.0 Å². The molecule has 3 nitrogen and oxygen atoms in total. The molecule has 0 aliphatic rings. The molecule has 0 saturated heterocycles. The minimum atomic E-state index is -0.0472. The molecule has 0 aromatic carbocycles. The number of hydrogen-bond donors (Lipinski definition) is 1. The molecule has 0 radical (unpaired) electrons. The summed E-state index contributed by atoms with van der Waals surface area (Å²) in [6.07, 6.45) is 2.00. The Balaban J connectivity index is 2.72. The van der Waals surface area contributed by atoms with Gasteiger partial charge in [-0.25, -0.2) is 4.98 Å². The van der Waals surface area contributed by atoms with Crippen LogP contribution in [0.4, 0.5) is 0 Å². The van der Waals surface area contributed by atoms with Gasteiger partial charge in [-0.3, -0.25) is 0 Å². The van der Waals surface area contributed by atoms with Crippen molar-refractivity contribution in [3.63, 3.8) is 0 Å². The summed E-state index contributed by atoms with van der Waals surface area (Å²) in [5, 5.41) is 0. The smallest absolute Gasteiger partial charge is 0.0885 e. The highest BCUT2D eigenvalue weighted by atomic mass is 79.9. The highest BCUT2D eigenvalue weighted by molar-refractivity contribution is 9.10. The van der Waals surface area contributed by atoms with Crippen molar-refractivity contribution in [3.05, 3.63) is 28.5 Å². The molecule has 1 atom stereocenters. The average Bonchev–Trinajstić information content (AvgIpc) is 2.46. The molecule has 0 bridgehead atoms. The fourth-order valence-electron chi connectivity index (χ4n) is 1.50. The summed E-state index contributed by atoms with van der Waals surface area (Å²) in [6, 6.07) is 4.00. The van der Waals surface area contributed by atoms with Crippen LogP contribution in [-0.2, 0) is 7.05 Å². The molecular formula is C10H12BrN3. The molecule has 2 aromatic heterocycles. The maximum Gasteiger partial charge on any atom is 0.0885 e. The van der Waals surface area contributed by atoms with Crippen LogP contribution in [0.1, 0.15) is 18.7 Å². The maximum absolute atomic E-state index is 5.81. The first-order chi connectivity index (χ1) is 6.59. The summed E-state index contributed by atoms with van der Waals surface area (Å²) in [5.74, 6) is 0. The zero-order valence-electron chi connectivity index (χ0n) is 8.16. The molecular weight excluding hydrogens is 242 g/mol. The van der Waals surface area contributed by atoms with E-state index >= 15 is 0 Å². The van der Waals surface area contributed by atoms with E-state index in [1.165, 1.54) is 0 Å². The van der Waals surface area contributed by atoms with E-state index in [2.05, 4.69) is 27.0 Å². The van der Waals surface area contributed by atoms with E-state index in [4.69, 9.17) is 5.73 Å². The second kappa shape index (κ2) is 3.37. The van der Waals surface area contributed by atoms with Gasteiger partial charge in [-0.05, 0) is 35.0 Å². The van der Waals surface area contributed by atoms with Gasteiger partial charge >= 0.3 is 0 Å². The molecule has 0 spiro atoms. The van der Waals surface area contributed by atoms with Crippen LogP contribution in [0.15, 0.2) is 22.8 Å². The molecule has 0 saturated carbocycles. The Morgan fingerprint density at radius 3 is 2.93 bits per heavy atom. The summed E-state index contributed by atoms with van der Waals surface area (Å²) < 4.78 is 3.01. The van der Waals surface area contributed by atoms with E-state index in [-0.39, 0.29) is 6.04 Å². The molecule has 14 heavy (non-hydrogen) atoms. The number of hydrogen-bond acceptors (Lipinski definition) is 2. The largest absolute Gasteiger partial charge is 0.349 e. The number of pyridine rings is 1. The van der Waals surface area contributed by atoms with Crippen LogP contribution in [0.25, 0.3) is 11.0 Å². The first-order valence-electron chi connectivity index (χ1n) is 4.46. The fourth-order valence-corrected chi connectivity index (χ4v) is 2.16. The van der Waals surface area contributed by atoms with E-state index in [9.17, 15) is 0 Å².